The second kappa shape index (κ2) is 10.0. The Labute approximate surface area is 101 Å². The molecule has 0 aliphatic carbocycles. The van der Waals surface area contributed by atoms with E-state index in [4.69, 9.17) is 9.84 Å². The lowest BCUT2D eigenvalue weighted by Gasteiger charge is -2.11. The highest BCUT2D eigenvalue weighted by molar-refractivity contribution is 5.76. The van der Waals surface area contributed by atoms with Crippen molar-refractivity contribution in [2.45, 2.75) is 38.7 Å². The highest BCUT2D eigenvalue weighted by Gasteiger charge is 2.10. The summed E-state index contributed by atoms with van der Waals surface area (Å²) in [6.07, 6.45) is 0.632. The minimum absolute atomic E-state index is 0.117. The average Bonchev–Trinajstić information content (AvgIpc) is 2.29. The van der Waals surface area contributed by atoms with Crippen molar-refractivity contribution in [2.75, 3.05) is 19.8 Å². The molecule has 2 N–H and O–H groups in total. The van der Waals surface area contributed by atoms with E-state index in [9.17, 15) is 14.7 Å². The number of ether oxygens (including phenoxy) is 2. The molecule has 0 aromatic carbocycles. The van der Waals surface area contributed by atoms with Crippen LogP contribution < -0.4 is 0 Å². The molecule has 0 aromatic heterocycles. The number of hydrogen-bond acceptors (Lipinski definition) is 5. The molecule has 0 saturated carbocycles. The molecule has 6 nitrogen and oxygen atoms in total. The van der Waals surface area contributed by atoms with Crippen molar-refractivity contribution in [3.63, 3.8) is 0 Å². The zero-order valence-corrected chi connectivity index (χ0v) is 10.1. The Kier molecular flexibility index (Phi) is 9.37. The Hall–Kier alpha value is -1.14. The summed E-state index contributed by atoms with van der Waals surface area (Å²) >= 11 is 0. The fourth-order valence-corrected chi connectivity index (χ4v) is 0.984. The molecule has 1 atom stereocenters. The summed E-state index contributed by atoms with van der Waals surface area (Å²) in [6, 6.07) is 0. The van der Waals surface area contributed by atoms with Crippen LogP contribution in [-0.2, 0) is 19.1 Å². The van der Waals surface area contributed by atoms with Crippen LogP contribution in [0.5, 0.6) is 0 Å². The van der Waals surface area contributed by atoms with Gasteiger partial charge in [0.15, 0.2) is 0 Å². The van der Waals surface area contributed by atoms with E-state index in [0.717, 1.165) is 12.8 Å². The van der Waals surface area contributed by atoms with E-state index in [1.807, 2.05) is 6.92 Å². The predicted molar refractivity (Wildman–Crippen MR) is 59.6 cm³/mol. The summed E-state index contributed by atoms with van der Waals surface area (Å²) in [5.41, 5.74) is 0. The number of hydrogen-bond donors (Lipinski definition) is 2. The first-order valence-corrected chi connectivity index (χ1v) is 5.69. The summed E-state index contributed by atoms with van der Waals surface area (Å²) in [5.74, 6) is -1.68. The number of aliphatic hydroxyl groups is 1. The summed E-state index contributed by atoms with van der Waals surface area (Å²) in [4.78, 5) is 21.2. The lowest BCUT2D eigenvalue weighted by molar-refractivity contribution is -0.150. The molecule has 0 aliphatic rings. The second-order valence-corrected chi connectivity index (χ2v) is 3.66. The lowest BCUT2D eigenvalue weighted by Crippen LogP contribution is -2.24. The molecule has 0 saturated heterocycles. The van der Waals surface area contributed by atoms with Crippen molar-refractivity contribution in [3.8, 4) is 0 Å². The zero-order chi connectivity index (χ0) is 13.1. The van der Waals surface area contributed by atoms with Gasteiger partial charge in [0.25, 0.3) is 0 Å². The Bertz CT molecular complexity index is 228. The van der Waals surface area contributed by atoms with Gasteiger partial charge in [-0.3, -0.25) is 9.59 Å². The summed E-state index contributed by atoms with van der Waals surface area (Å²) < 4.78 is 9.81. The van der Waals surface area contributed by atoms with Crippen LogP contribution in [0.4, 0.5) is 0 Å². The molecular formula is C11H20O6. The number of aliphatic carboxylic acids is 1. The maximum Gasteiger partial charge on any atom is 0.306 e. The number of unbranched alkanes of at least 4 members (excludes halogenated alkanes) is 1. The number of carbonyl (C=O) groups is 2. The van der Waals surface area contributed by atoms with Gasteiger partial charge in [0.05, 0.1) is 19.4 Å². The molecule has 0 bridgehead atoms. The maximum atomic E-state index is 11.0. The van der Waals surface area contributed by atoms with E-state index in [0.29, 0.717) is 6.61 Å². The van der Waals surface area contributed by atoms with Crippen LogP contribution >= 0.6 is 0 Å². The third kappa shape index (κ3) is 11.1. The number of carboxylic acids is 1. The fraction of sp³-hybridized carbons (Fsp3) is 0.818. The average molecular weight is 248 g/mol. The minimum atomic E-state index is -1.05. The number of rotatable bonds is 10. The molecule has 6 heteroatoms. The molecule has 0 rings (SSSR count). The van der Waals surface area contributed by atoms with E-state index in [1.54, 1.807) is 0 Å². The third-order valence-corrected chi connectivity index (χ3v) is 1.93. The monoisotopic (exact) mass is 248 g/mol. The van der Waals surface area contributed by atoms with Crippen molar-refractivity contribution >= 4 is 11.9 Å². The van der Waals surface area contributed by atoms with Gasteiger partial charge in [0.1, 0.15) is 12.7 Å². The summed E-state index contributed by atoms with van der Waals surface area (Å²) in [5, 5.41) is 17.7. The smallest absolute Gasteiger partial charge is 0.306 e. The Balaban J connectivity index is 3.45. The normalized spacial score (nSPS) is 12.1. The summed E-state index contributed by atoms with van der Waals surface area (Å²) in [7, 11) is 0. The topological polar surface area (TPSA) is 93.1 Å². The number of esters is 1. The van der Waals surface area contributed by atoms with Crippen LogP contribution in [0.15, 0.2) is 0 Å². The van der Waals surface area contributed by atoms with Crippen molar-refractivity contribution in [1.82, 2.24) is 0 Å². The minimum Gasteiger partial charge on any atom is -0.481 e. The first-order chi connectivity index (χ1) is 8.06. The third-order valence-electron chi connectivity index (χ3n) is 1.93. The van der Waals surface area contributed by atoms with E-state index in [2.05, 4.69) is 4.74 Å². The Morgan fingerprint density at radius 3 is 2.53 bits per heavy atom. The van der Waals surface area contributed by atoms with Crippen molar-refractivity contribution in [3.05, 3.63) is 0 Å². The van der Waals surface area contributed by atoms with E-state index < -0.39 is 18.0 Å². The highest BCUT2D eigenvalue weighted by atomic mass is 16.5. The SMILES string of the molecule is CCCCOCC(O)COC(=O)CCC(=O)O. The largest absolute Gasteiger partial charge is 0.481 e. The van der Waals surface area contributed by atoms with Gasteiger partial charge in [-0.05, 0) is 6.42 Å². The second-order valence-electron chi connectivity index (χ2n) is 3.66. The molecular weight excluding hydrogens is 228 g/mol. The van der Waals surface area contributed by atoms with Gasteiger partial charge in [-0.15, -0.1) is 0 Å². The standard InChI is InChI=1S/C11H20O6/c1-2-3-6-16-7-9(12)8-17-11(15)5-4-10(13)14/h9,12H,2-8H2,1H3,(H,13,14). The van der Waals surface area contributed by atoms with Gasteiger partial charge in [-0.2, -0.15) is 0 Å². The molecule has 0 amide bonds. The zero-order valence-electron chi connectivity index (χ0n) is 10.1. The molecule has 0 fully saturated rings. The molecule has 100 valence electrons. The molecule has 0 radical (unpaired) electrons. The van der Waals surface area contributed by atoms with E-state index >= 15 is 0 Å². The first kappa shape index (κ1) is 15.9. The van der Waals surface area contributed by atoms with Gasteiger partial charge in [-0.25, -0.2) is 0 Å². The van der Waals surface area contributed by atoms with Crippen LogP contribution in [0, 0.1) is 0 Å². The summed E-state index contributed by atoms with van der Waals surface area (Å²) in [6.45, 7) is 2.56. The van der Waals surface area contributed by atoms with Gasteiger partial charge < -0.3 is 19.7 Å². The quantitative estimate of drug-likeness (QED) is 0.434. The molecule has 0 spiro atoms. The highest BCUT2D eigenvalue weighted by Crippen LogP contribution is 1.96. The molecule has 0 aromatic rings. The lowest BCUT2D eigenvalue weighted by atomic mass is 10.3. The van der Waals surface area contributed by atoms with E-state index in [1.165, 1.54) is 0 Å². The number of aliphatic hydroxyl groups excluding tert-OH is 1. The van der Waals surface area contributed by atoms with Gasteiger partial charge >= 0.3 is 11.9 Å². The Morgan fingerprint density at radius 1 is 1.24 bits per heavy atom. The number of carbonyl (C=O) groups excluding carboxylic acids is 1. The molecule has 0 aliphatic heterocycles. The Morgan fingerprint density at radius 2 is 1.94 bits per heavy atom. The van der Waals surface area contributed by atoms with E-state index in [-0.39, 0.29) is 26.1 Å². The van der Waals surface area contributed by atoms with Crippen molar-refractivity contribution in [1.29, 1.82) is 0 Å². The number of carboxylic acid groups (broad SMARTS) is 1. The van der Waals surface area contributed by atoms with Crippen LogP contribution in [0.25, 0.3) is 0 Å². The fourth-order valence-electron chi connectivity index (χ4n) is 0.984. The molecule has 17 heavy (non-hydrogen) atoms. The van der Waals surface area contributed by atoms with Gasteiger partial charge in [-0.1, -0.05) is 13.3 Å². The molecule has 0 heterocycles. The van der Waals surface area contributed by atoms with Crippen molar-refractivity contribution in [2.24, 2.45) is 0 Å². The van der Waals surface area contributed by atoms with Crippen LogP contribution in [0.1, 0.15) is 32.6 Å². The van der Waals surface area contributed by atoms with Gasteiger partial charge in [0, 0.05) is 6.61 Å². The predicted octanol–water partition coefficient (Wildman–Crippen LogP) is 0.572. The van der Waals surface area contributed by atoms with Crippen LogP contribution in [-0.4, -0.2) is 48.1 Å². The van der Waals surface area contributed by atoms with Crippen molar-refractivity contribution < 1.29 is 29.3 Å². The van der Waals surface area contributed by atoms with Gasteiger partial charge in [0.2, 0.25) is 0 Å². The van der Waals surface area contributed by atoms with Crippen LogP contribution in [0.3, 0.4) is 0 Å². The molecule has 1 unspecified atom stereocenters. The van der Waals surface area contributed by atoms with Crippen LogP contribution in [0.2, 0.25) is 0 Å². The maximum absolute atomic E-state index is 11.0. The first-order valence-electron chi connectivity index (χ1n) is 5.69.